The van der Waals surface area contributed by atoms with Crippen LogP contribution >= 0.6 is 0 Å². The van der Waals surface area contributed by atoms with Gasteiger partial charge in [0.15, 0.2) is 0 Å². The van der Waals surface area contributed by atoms with Gasteiger partial charge >= 0.3 is 0 Å². The fourth-order valence-corrected chi connectivity index (χ4v) is 0.357. The quantitative estimate of drug-likeness (QED) is 0.501. The molecule has 0 aliphatic rings. The Balaban J connectivity index is 3.45. The minimum absolute atomic E-state index is 0.449. The Morgan fingerprint density at radius 1 is 1.50 bits per heavy atom. The fourth-order valence-electron chi connectivity index (χ4n) is 0.357. The molecule has 1 aromatic rings. The van der Waals surface area contributed by atoms with Crippen LogP contribution in [0.25, 0.3) is 0 Å². The summed E-state index contributed by atoms with van der Waals surface area (Å²) in [5.41, 5.74) is -0.899. The lowest BCUT2D eigenvalue weighted by atomic mass is 10.2. The maximum atomic E-state index is 7.29. The predicted octanol–water partition coefficient (Wildman–Crippen LogP) is 1.70. The number of pyridine rings is 1. The molecule has 0 atom stereocenters. The maximum absolute atomic E-state index is 7.29. The molecule has 42 valence electrons. The van der Waals surface area contributed by atoms with Crippen LogP contribution in [0.2, 0.25) is 0 Å². The highest BCUT2D eigenvalue weighted by atomic mass is 14.6. The van der Waals surface area contributed by atoms with Crippen LogP contribution < -0.4 is 0 Å². The molecule has 0 bridgehead atoms. The molecule has 0 saturated heterocycles. The normalized spacial score (nSPS) is 27.0. The summed E-state index contributed by atoms with van der Waals surface area (Å²) in [5.74, 6) is 0. The number of rotatable bonds is 0. The zero-order valence-electron chi connectivity index (χ0n) is 12.0. The average Bonchev–Trinajstić information content (AvgIpc) is 1.97. The SMILES string of the molecule is [2H]c1nc([2H])c(C([2H])([2H])[2H])cc1C([2H])([2H])[2H]. The van der Waals surface area contributed by atoms with Gasteiger partial charge in [0.05, 0.1) is 2.74 Å². The third-order valence-electron chi connectivity index (χ3n) is 0.641. The highest BCUT2D eigenvalue weighted by Crippen LogP contribution is 1.96. The average molecular weight is 115 g/mol. The van der Waals surface area contributed by atoms with Crippen LogP contribution in [0.4, 0.5) is 0 Å². The highest BCUT2D eigenvalue weighted by Gasteiger charge is 1.81. The molecule has 1 nitrogen and oxygen atoms in total. The van der Waals surface area contributed by atoms with E-state index < -0.39 is 37.2 Å². The molecular formula is C7H9N. The predicted molar refractivity (Wildman–Crippen MR) is 33.7 cm³/mol. The Kier molecular flexibility index (Phi) is 0.287. The molecule has 1 aromatic heterocycles. The van der Waals surface area contributed by atoms with Gasteiger partial charge in [-0.05, 0) is 24.8 Å². The molecule has 8 heavy (non-hydrogen) atoms. The summed E-state index contributed by atoms with van der Waals surface area (Å²) >= 11 is 0. The third-order valence-corrected chi connectivity index (χ3v) is 0.641. The van der Waals surface area contributed by atoms with Crippen molar-refractivity contribution in [2.75, 3.05) is 0 Å². The van der Waals surface area contributed by atoms with Crippen LogP contribution in [0.5, 0.6) is 0 Å². The molecule has 1 rings (SSSR count). The summed E-state index contributed by atoms with van der Waals surface area (Å²) in [7, 11) is 0. The van der Waals surface area contributed by atoms with E-state index in [2.05, 4.69) is 4.98 Å². The van der Waals surface area contributed by atoms with E-state index >= 15 is 0 Å². The Morgan fingerprint density at radius 2 is 2.12 bits per heavy atom. The number of aryl methyl sites for hydroxylation is 2. The van der Waals surface area contributed by atoms with Crippen molar-refractivity contribution in [1.82, 2.24) is 4.98 Å². The molecule has 0 aliphatic heterocycles. The summed E-state index contributed by atoms with van der Waals surface area (Å²) in [5, 5.41) is 0. The zero-order chi connectivity index (χ0) is 12.7. The van der Waals surface area contributed by atoms with Crippen molar-refractivity contribution in [2.45, 2.75) is 13.7 Å². The third kappa shape index (κ3) is 1.06. The first-order valence-corrected chi connectivity index (χ1v) is 2.02. The lowest BCUT2D eigenvalue weighted by molar-refractivity contribution is 1.22. The second-order valence-electron chi connectivity index (χ2n) is 1.31. The highest BCUT2D eigenvalue weighted by molar-refractivity contribution is 5.14. The Bertz CT molecular complexity index is 369. The molecule has 0 spiro atoms. The first-order valence-electron chi connectivity index (χ1n) is 6.02. The van der Waals surface area contributed by atoms with E-state index in [1.165, 1.54) is 0 Å². The summed E-state index contributed by atoms with van der Waals surface area (Å²) in [4.78, 5) is 3.32. The van der Waals surface area contributed by atoms with Gasteiger partial charge in [0, 0.05) is 20.6 Å². The molecule has 0 aromatic carbocycles. The standard InChI is InChI=1S/C7H9N/c1-6-3-7(2)5-8-4-6/h3-5H,1-2H3/i1D3,2D3,4D,5D. The van der Waals surface area contributed by atoms with Gasteiger partial charge in [-0.2, -0.15) is 0 Å². The van der Waals surface area contributed by atoms with Crippen molar-refractivity contribution in [3.63, 3.8) is 0 Å². The minimum Gasteiger partial charge on any atom is -0.264 e. The first-order chi connectivity index (χ1) is 7.03. The van der Waals surface area contributed by atoms with Crippen molar-refractivity contribution >= 4 is 0 Å². The molecule has 1 heterocycles. The molecule has 0 unspecified atom stereocenters. The van der Waals surface area contributed by atoms with Gasteiger partial charge in [0.25, 0.3) is 0 Å². The molecule has 0 radical (unpaired) electrons. The Hall–Kier alpha value is -0.850. The molecule has 0 fully saturated rings. The van der Waals surface area contributed by atoms with Crippen LogP contribution in [-0.2, 0) is 0 Å². The zero-order valence-corrected chi connectivity index (χ0v) is 4.02. The van der Waals surface area contributed by atoms with Crippen molar-refractivity contribution < 1.29 is 11.0 Å². The van der Waals surface area contributed by atoms with Gasteiger partial charge in [-0.25, -0.2) is 0 Å². The topological polar surface area (TPSA) is 12.9 Å². The molecule has 1 heteroatoms. The monoisotopic (exact) mass is 115 g/mol. The van der Waals surface area contributed by atoms with Crippen molar-refractivity contribution in [3.8, 4) is 0 Å². The van der Waals surface area contributed by atoms with Crippen molar-refractivity contribution in [1.29, 1.82) is 0 Å². The van der Waals surface area contributed by atoms with Gasteiger partial charge in [-0.3, -0.25) is 4.98 Å². The van der Waals surface area contributed by atoms with Crippen molar-refractivity contribution in [3.05, 3.63) is 29.5 Å². The lowest BCUT2D eigenvalue weighted by Gasteiger charge is -1.89. The number of hydrogen-bond acceptors (Lipinski definition) is 1. The van der Waals surface area contributed by atoms with E-state index in [1.807, 2.05) is 0 Å². The van der Waals surface area contributed by atoms with Gasteiger partial charge < -0.3 is 0 Å². The number of aromatic nitrogens is 1. The maximum Gasteiger partial charge on any atom is 0.0843 e. The molecular weight excluding hydrogens is 98.1 g/mol. The van der Waals surface area contributed by atoms with E-state index in [-0.39, 0.29) is 0 Å². The van der Waals surface area contributed by atoms with Gasteiger partial charge in [0.2, 0.25) is 0 Å². The molecule has 0 aliphatic carbocycles. The van der Waals surface area contributed by atoms with Crippen LogP contribution in [-0.4, -0.2) is 4.98 Å². The van der Waals surface area contributed by atoms with Crippen LogP contribution in [0.1, 0.15) is 22.1 Å². The van der Waals surface area contributed by atoms with E-state index in [9.17, 15) is 0 Å². The minimum atomic E-state index is -2.60. The summed E-state index contributed by atoms with van der Waals surface area (Å²) in [6.45, 7) is -5.20. The van der Waals surface area contributed by atoms with Crippen LogP contribution in [0.15, 0.2) is 18.4 Å². The molecule has 0 N–H and O–H groups in total. The lowest BCUT2D eigenvalue weighted by Crippen LogP contribution is -1.76. The molecule has 0 amide bonds. The Labute approximate surface area is 60.6 Å². The van der Waals surface area contributed by atoms with Crippen LogP contribution in [0.3, 0.4) is 0 Å². The largest absolute Gasteiger partial charge is 0.264 e. The smallest absolute Gasteiger partial charge is 0.0843 e. The van der Waals surface area contributed by atoms with Crippen molar-refractivity contribution in [2.24, 2.45) is 0 Å². The van der Waals surface area contributed by atoms with E-state index in [0.717, 1.165) is 6.07 Å². The summed E-state index contributed by atoms with van der Waals surface area (Å²) < 4.78 is 57.3. The number of hydrogen-bond donors (Lipinski definition) is 0. The summed E-state index contributed by atoms with van der Waals surface area (Å²) in [6.07, 6.45) is -1.17. The second-order valence-corrected chi connectivity index (χ2v) is 1.31. The first kappa shape index (κ1) is 1.18. The van der Waals surface area contributed by atoms with Gasteiger partial charge in [0.1, 0.15) is 0 Å². The van der Waals surface area contributed by atoms with E-state index in [4.69, 9.17) is 11.0 Å². The second kappa shape index (κ2) is 1.95. The van der Waals surface area contributed by atoms with Gasteiger partial charge in [-0.15, -0.1) is 0 Å². The molecule has 0 saturated carbocycles. The Morgan fingerprint density at radius 3 is 2.62 bits per heavy atom. The number of nitrogens with zero attached hydrogens (tertiary/aromatic N) is 1. The van der Waals surface area contributed by atoms with Gasteiger partial charge in [-0.1, -0.05) is 6.07 Å². The van der Waals surface area contributed by atoms with E-state index in [0.29, 0.717) is 0 Å². The van der Waals surface area contributed by atoms with E-state index in [1.54, 1.807) is 0 Å². The fraction of sp³-hybridized carbons (Fsp3) is 0.286. The summed E-state index contributed by atoms with van der Waals surface area (Å²) in [6, 6.07) is 0.845. The van der Waals surface area contributed by atoms with Crippen LogP contribution in [0, 0.1) is 13.7 Å².